The highest BCUT2D eigenvalue weighted by atomic mass is 13.7. The second-order valence-electron chi connectivity index (χ2n) is 1.31. The zero-order valence-electron chi connectivity index (χ0n) is 5.07. The average Bonchev–Trinajstić information content (AvgIpc) is 1.81. The number of rotatable bonds is 1. The molecule has 41 valence electrons. The standard InChI is InChI=1S/C8H9/c1-3-5-7-8-6-4-2/h1,4H,5,7H2,2H3. The largest absolute Gasteiger partial charge is 0.120 e. The first kappa shape index (κ1) is 7.12. The minimum absolute atomic E-state index is 0.765. The summed E-state index contributed by atoms with van der Waals surface area (Å²) in [5.74, 6) is 8.21. The summed E-state index contributed by atoms with van der Waals surface area (Å²) in [4.78, 5) is 0. The molecule has 0 heterocycles. The van der Waals surface area contributed by atoms with Crippen LogP contribution in [-0.2, 0) is 0 Å². The van der Waals surface area contributed by atoms with Crippen molar-refractivity contribution in [2.24, 2.45) is 0 Å². The molecular formula is C8H9. The van der Waals surface area contributed by atoms with Crippen LogP contribution in [0.5, 0.6) is 0 Å². The summed E-state index contributed by atoms with van der Waals surface area (Å²) in [5.41, 5.74) is 0. The van der Waals surface area contributed by atoms with Crippen LogP contribution in [0.15, 0.2) is 0 Å². The fourth-order valence-electron chi connectivity index (χ4n) is 0.309. The molecule has 0 fully saturated rings. The van der Waals surface area contributed by atoms with Gasteiger partial charge in [0.1, 0.15) is 0 Å². The third-order valence-electron chi connectivity index (χ3n) is 0.641. The van der Waals surface area contributed by atoms with Gasteiger partial charge in [0.15, 0.2) is 0 Å². The quantitative estimate of drug-likeness (QED) is 0.351. The van der Waals surface area contributed by atoms with E-state index in [-0.39, 0.29) is 0 Å². The van der Waals surface area contributed by atoms with E-state index in [1.807, 2.05) is 13.3 Å². The predicted octanol–water partition coefficient (Wildman–Crippen LogP) is 1.63. The molecule has 0 bridgehead atoms. The van der Waals surface area contributed by atoms with Crippen molar-refractivity contribution in [3.63, 3.8) is 0 Å². The minimum atomic E-state index is 0.765. The molecule has 0 amide bonds. The summed E-state index contributed by atoms with van der Waals surface area (Å²) in [5, 5.41) is 0. The Morgan fingerprint density at radius 2 is 2.25 bits per heavy atom. The molecule has 8 heavy (non-hydrogen) atoms. The van der Waals surface area contributed by atoms with Gasteiger partial charge in [-0.15, -0.1) is 18.3 Å². The van der Waals surface area contributed by atoms with Gasteiger partial charge in [0.05, 0.1) is 0 Å². The van der Waals surface area contributed by atoms with Crippen LogP contribution >= 0.6 is 0 Å². The summed E-state index contributed by atoms with van der Waals surface area (Å²) in [6.07, 6.45) is 8.38. The first-order chi connectivity index (χ1) is 3.91. The topological polar surface area (TPSA) is 0 Å². The number of unbranched alkanes of at least 4 members (excludes halogenated alkanes) is 1. The Hall–Kier alpha value is -0.880. The Bertz CT molecular complexity index is 126. The third kappa shape index (κ3) is 5.12. The number of terminal acetylenes is 1. The van der Waals surface area contributed by atoms with Crippen LogP contribution in [0.3, 0.4) is 0 Å². The lowest BCUT2D eigenvalue weighted by molar-refractivity contribution is 1.12. The van der Waals surface area contributed by atoms with Crippen LogP contribution in [0.2, 0.25) is 0 Å². The maximum Gasteiger partial charge on any atom is 0.0309 e. The van der Waals surface area contributed by atoms with E-state index in [1.54, 1.807) is 0 Å². The van der Waals surface area contributed by atoms with E-state index in [0.29, 0.717) is 0 Å². The first-order valence-corrected chi connectivity index (χ1v) is 2.61. The lowest BCUT2D eigenvalue weighted by Crippen LogP contribution is -1.63. The second kappa shape index (κ2) is 6.12. The van der Waals surface area contributed by atoms with Crippen LogP contribution in [0.1, 0.15) is 19.8 Å². The van der Waals surface area contributed by atoms with E-state index in [2.05, 4.69) is 17.8 Å². The second-order valence-corrected chi connectivity index (χ2v) is 1.31. The molecule has 0 heteroatoms. The first-order valence-electron chi connectivity index (χ1n) is 2.61. The Morgan fingerprint density at radius 3 is 2.75 bits per heavy atom. The molecule has 0 aliphatic rings. The summed E-state index contributed by atoms with van der Waals surface area (Å²) in [6.45, 7) is 1.91. The molecule has 0 saturated heterocycles. The molecule has 0 aliphatic heterocycles. The van der Waals surface area contributed by atoms with Gasteiger partial charge in [-0.05, 0) is 0 Å². The van der Waals surface area contributed by atoms with Crippen molar-refractivity contribution in [3.05, 3.63) is 6.42 Å². The van der Waals surface area contributed by atoms with Gasteiger partial charge >= 0.3 is 0 Å². The molecule has 0 rings (SSSR count). The molecule has 0 saturated carbocycles. The van der Waals surface area contributed by atoms with Gasteiger partial charge in [-0.3, -0.25) is 0 Å². The van der Waals surface area contributed by atoms with Crippen molar-refractivity contribution >= 4 is 0 Å². The molecule has 0 aromatic rings. The summed E-state index contributed by atoms with van der Waals surface area (Å²) in [7, 11) is 0. The maximum absolute atomic E-state index is 4.98. The van der Waals surface area contributed by atoms with Crippen molar-refractivity contribution in [2.45, 2.75) is 19.8 Å². The molecule has 0 aliphatic carbocycles. The monoisotopic (exact) mass is 105 g/mol. The van der Waals surface area contributed by atoms with Crippen LogP contribution in [0.4, 0.5) is 0 Å². The van der Waals surface area contributed by atoms with Gasteiger partial charge in [0.2, 0.25) is 0 Å². The predicted molar refractivity (Wildman–Crippen MR) is 35.8 cm³/mol. The average molecular weight is 105 g/mol. The maximum atomic E-state index is 4.98. The molecule has 0 spiro atoms. The van der Waals surface area contributed by atoms with Crippen LogP contribution in [0, 0.1) is 30.6 Å². The minimum Gasteiger partial charge on any atom is -0.120 e. The van der Waals surface area contributed by atoms with Crippen LogP contribution in [0.25, 0.3) is 0 Å². The van der Waals surface area contributed by atoms with E-state index in [4.69, 9.17) is 6.42 Å². The number of hydrogen-bond donors (Lipinski definition) is 0. The summed E-state index contributed by atoms with van der Waals surface area (Å²) >= 11 is 0. The number of hydrogen-bond acceptors (Lipinski definition) is 0. The van der Waals surface area contributed by atoms with E-state index < -0.39 is 0 Å². The smallest absolute Gasteiger partial charge is 0.0309 e. The fourth-order valence-corrected chi connectivity index (χ4v) is 0.309. The van der Waals surface area contributed by atoms with Gasteiger partial charge in [-0.1, -0.05) is 12.8 Å². The highest BCUT2D eigenvalue weighted by Gasteiger charge is 1.69. The van der Waals surface area contributed by atoms with E-state index in [9.17, 15) is 0 Å². The van der Waals surface area contributed by atoms with Crippen molar-refractivity contribution in [1.82, 2.24) is 0 Å². The van der Waals surface area contributed by atoms with Crippen molar-refractivity contribution in [2.75, 3.05) is 0 Å². The lowest BCUT2D eigenvalue weighted by atomic mass is 10.3. The van der Waals surface area contributed by atoms with Gasteiger partial charge in [0, 0.05) is 19.3 Å². The highest BCUT2D eigenvalue weighted by molar-refractivity contribution is 5.08. The normalized spacial score (nSPS) is 6.50. The third-order valence-corrected chi connectivity index (χ3v) is 0.641. The van der Waals surface area contributed by atoms with Crippen LogP contribution in [-0.4, -0.2) is 0 Å². The lowest BCUT2D eigenvalue weighted by Gasteiger charge is -1.74. The summed E-state index contributed by atoms with van der Waals surface area (Å²) < 4.78 is 0. The zero-order chi connectivity index (χ0) is 6.24. The molecule has 0 N–H and O–H groups in total. The summed E-state index contributed by atoms with van der Waals surface area (Å²) in [6, 6.07) is 0. The van der Waals surface area contributed by atoms with Gasteiger partial charge in [-0.2, -0.15) is 0 Å². The SMILES string of the molecule is C#CCCC#C[CH]C. The van der Waals surface area contributed by atoms with Gasteiger partial charge in [0.25, 0.3) is 0 Å². The van der Waals surface area contributed by atoms with Crippen molar-refractivity contribution < 1.29 is 0 Å². The van der Waals surface area contributed by atoms with E-state index in [0.717, 1.165) is 12.8 Å². The van der Waals surface area contributed by atoms with Crippen LogP contribution < -0.4 is 0 Å². The Labute approximate surface area is 51.3 Å². The molecule has 0 aromatic carbocycles. The van der Waals surface area contributed by atoms with E-state index in [1.165, 1.54) is 0 Å². The molecule has 0 aromatic heterocycles. The molecular weight excluding hydrogens is 96.1 g/mol. The van der Waals surface area contributed by atoms with Crippen molar-refractivity contribution in [1.29, 1.82) is 0 Å². The molecule has 0 nitrogen and oxygen atoms in total. The van der Waals surface area contributed by atoms with Crippen molar-refractivity contribution in [3.8, 4) is 24.2 Å². The molecule has 1 radical (unpaired) electrons. The highest BCUT2D eigenvalue weighted by Crippen LogP contribution is 1.81. The van der Waals surface area contributed by atoms with E-state index >= 15 is 0 Å². The molecule has 0 unspecified atom stereocenters. The Morgan fingerprint density at radius 1 is 1.50 bits per heavy atom. The molecule has 0 atom stereocenters. The zero-order valence-corrected chi connectivity index (χ0v) is 5.07. The Kier molecular flexibility index (Phi) is 5.45. The Balaban J connectivity index is 3.06. The van der Waals surface area contributed by atoms with Gasteiger partial charge in [-0.25, -0.2) is 0 Å². The fraction of sp³-hybridized carbons (Fsp3) is 0.375. The van der Waals surface area contributed by atoms with Gasteiger partial charge < -0.3 is 0 Å².